The number of halogens is 1. The standard InChI is InChI=1S/C13H20FNO2S/c1-10-5-6-12(14)7-11(10)8-15-9-13(2,3)18(4,16)17/h5-7,15H,8-9H2,1-4H3. The number of hydrogen-bond acceptors (Lipinski definition) is 3. The first kappa shape index (κ1) is 15.1. The Morgan fingerprint density at radius 1 is 1.33 bits per heavy atom. The van der Waals surface area contributed by atoms with Crippen molar-refractivity contribution in [3.8, 4) is 0 Å². The minimum Gasteiger partial charge on any atom is -0.311 e. The first-order valence-electron chi connectivity index (χ1n) is 5.79. The maximum atomic E-state index is 13.1. The van der Waals surface area contributed by atoms with Gasteiger partial charge in [-0.15, -0.1) is 0 Å². The Kier molecular flexibility index (Phi) is 4.50. The molecule has 0 aliphatic carbocycles. The summed E-state index contributed by atoms with van der Waals surface area (Å²) in [6.45, 7) is 6.05. The van der Waals surface area contributed by atoms with Gasteiger partial charge in [0.15, 0.2) is 9.84 Å². The molecule has 0 fully saturated rings. The number of nitrogens with one attached hydrogen (secondary N) is 1. The van der Waals surface area contributed by atoms with Crippen molar-refractivity contribution in [1.29, 1.82) is 0 Å². The van der Waals surface area contributed by atoms with E-state index in [-0.39, 0.29) is 5.82 Å². The Labute approximate surface area is 108 Å². The summed E-state index contributed by atoms with van der Waals surface area (Å²) in [7, 11) is -3.11. The molecule has 5 heteroatoms. The fraction of sp³-hybridized carbons (Fsp3) is 0.538. The highest BCUT2D eigenvalue weighted by atomic mass is 32.2. The minimum atomic E-state index is -3.11. The number of aryl methyl sites for hydroxylation is 1. The lowest BCUT2D eigenvalue weighted by molar-refractivity contribution is 0.520. The third-order valence-corrected chi connectivity index (χ3v) is 5.33. The van der Waals surface area contributed by atoms with Crippen molar-refractivity contribution in [1.82, 2.24) is 5.32 Å². The van der Waals surface area contributed by atoms with Crippen LogP contribution in [0.1, 0.15) is 25.0 Å². The van der Waals surface area contributed by atoms with E-state index in [0.717, 1.165) is 11.1 Å². The van der Waals surface area contributed by atoms with E-state index in [0.29, 0.717) is 13.1 Å². The quantitative estimate of drug-likeness (QED) is 0.893. The average Bonchev–Trinajstić information content (AvgIpc) is 2.21. The van der Waals surface area contributed by atoms with Crippen LogP contribution in [0, 0.1) is 12.7 Å². The predicted molar refractivity (Wildman–Crippen MR) is 71.8 cm³/mol. The summed E-state index contributed by atoms with van der Waals surface area (Å²) in [4.78, 5) is 0. The summed E-state index contributed by atoms with van der Waals surface area (Å²) in [6.07, 6.45) is 1.22. The van der Waals surface area contributed by atoms with Gasteiger partial charge in [0.1, 0.15) is 5.82 Å². The molecule has 0 amide bonds. The first-order chi connectivity index (χ1) is 8.13. The van der Waals surface area contributed by atoms with Gasteiger partial charge in [0.2, 0.25) is 0 Å². The second kappa shape index (κ2) is 5.36. The van der Waals surface area contributed by atoms with Crippen LogP contribution in [0.25, 0.3) is 0 Å². The number of benzene rings is 1. The lowest BCUT2D eigenvalue weighted by atomic mass is 10.1. The highest BCUT2D eigenvalue weighted by Crippen LogP contribution is 2.14. The van der Waals surface area contributed by atoms with Gasteiger partial charge in [0.25, 0.3) is 0 Å². The van der Waals surface area contributed by atoms with Crippen molar-refractivity contribution in [3.05, 3.63) is 35.1 Å². The number of hydrogen-bond donors (Lipinski definition) is 1. The Bertz CT molecular complexity index is 524. The van der Waals surface area contributed by atoms with E-state index in [1.807, 2.05) is 6.92 Å². The Hall–Kier alpha value is -0.940. The van der Waals surface area contributed by atoms with E-state index in [1.54, 1.807) is 19.9 Å². The van der Waals surface area contributed by atoms with Crippen LogP contribution in [0.5, 0.6) is 0 Å². The average molecular weight is 273 g/mol. The zero-order chi connectivity index (χ0) is 14.0. The molecule has 3 nitrogen and oxygen atoms in total. The van der Waals surface area contributed by atoms with Gasteiger partial charge in [0.05, 0.1) is 4.75 Å². The fourth-order valence-electron chi connectivity index (χ4n) is 1.46. The van der Waals surface area contributed by atoms with Crippen molar-refractivity contribution >= 4 is 9.84 Å². The molecule has 0 bridgehead atoms. The second-order valence-corrected chi connectivity index (χ2v) is 7.86. The van der Waals surface area contributed by atoms with E-state index in [1.165, 1.54) is 18.4 Å². The smallest absolute Gasteiger partial charge is 0.153 e. The van der Waals surface area contributed by atoms with Gasteiger partial charge in [-0.1, -0.05) is 6.07 Å². The van der Waals surface area contributed by atoms with Crippen molar-refractivity contribution in [3.63, 3.8) is 0 Å². The monoisotopic (exact) mass is 273 g/mol. The lowest BCUT2D eigenvalue weighted by Crippen LogP contribution is -2.41. The van der Waals surface area contributed by atoms with Crippen LogP contribution >= 0.6 is 0 Å². The predicted octanol–water partition coefficient (Wildman–Crippen LogP) is 2.05. The van der Waals surface area contributed by atoms with Crippen LogP contribution in [-0.4, -0.2) is 26.0 Å². The van der Waals surface area contributed by atoms with E-state index in [4.69, 9.17) is 0 Å². The van der Waals surface area contributed by atoms with E-state index in [9.17, 15) is 12.8 Å². The van der Waals surface area contributed by atoms with Gasteiger partial charge >= 0.3 is 0 Å². The van der Waals surface area contributed by atoms with Gasteiger partial charge in [-0.25, -0.2) is 12.8 Å². The third-order valence-electron chi connectivity index (χ3n) is 3.18. The minimum absolute atomic E-state index is 0.278. The Morgan fingerprint density at radius 3 is 2.50 bits per heavy atom. The van der Waals surface area contributed by atoms with Crippen molar-refractivity contribution < 1.29 is 12.8 Å². The molecule has 0 aromatic heterocycles. The first-order valence-corrected chi connectivity index (χ1v) is 7.68. The number of rotatable bonds is 5. The molecule has 0 radical (unpaired) electrons. The molecule has 0 heterocycles. The maximum Gasteiger partial charge on any atom is 0.153 e. The zero-order valence-corrected chi connectivity index (χ0v) is 12.1. The van der Waals surface area contributed by atoms with Crippen molar-refractivity contribution in [2.45, 2.75) is 32.1 Å². The molecule has 18 heavy (non-hydrogen) atoms. The van der Waals surface area contributed by atoms with Crippen LogP contribution in [0.4, 0.5) is 4.39 Å². The molecule has 0 saturated carbocycles. The summed E-state index contributed by atoms with van der Waals surface area (Å²) < 4.78 is 35.3. The molecule has 0 atom stereocenters. The Balaban J connectivity index is 2.65. The van der Waals surface area contributed by atoms with Gasteiger partial charge in [-0.05, 0) is 44.0 Å². The maximum absolute atomic E-state index is 13.1. The molecular formula is C13H20FNO2S. The zero-order valence-electron chi connectivity index (χ0n) is 11.2. The molecular weight excluding hydrogens is 253 g/mol. The van der Waals surface area contributed by atoms with Gasteiger partial charge in [-0.3, -0.25) is 0 Å². The summed E-state index contributed by atoms with van der Waals surface area (Å²) in [5.41, 5.74) is 1.83. The Morgan fingerprint density at radius 2 is 1.94 bits per heavy atom. The highest BCUT2D eigenvalue weighted by Gasteiger charge is 2.29. The van der Waals surface area contributed by atoms with Crippen molar-refractivity contribution in [2.75, 3.05) is 12.8 Å². The van der Waals surface area contributed by atoms with Crippen LogP contribution in [0.2, 0.25) is 0 Å². The third kappa shape index (κ3) is 3.78. The fourth-order valence-corrected chi connectivity index (χ4v) is 1.82. The summed E-state index contributed by atoms with van der Waals surface area (Å²) in [5.74, 6) is -0.278. The molecule has 0 aliphatic rings. The van der Waals surface area contributed by atoms with Gasteiger partial charge < -0.3 is 5.32 Å². The normalized spacial score (nSPS) is 12.7. The molecule has 0 unspecified atom stereocenters. The topological polar surface area (TPSA) is 46.2 Å². The number of sulfone groups is 1. The van der Waals surface area contributed by atoms with E-state index in [2.05, 4.69) is 5.32 Å². The molecule has 1 N–H and O–H groups in total. The SMILES string of the molecule is Cc1ccc(F)cc1CNCC(C)(C)S(C)(=O)=O. The second-order valence-electron chi connectivity index (χ2n) is 5.21. The van der Waals surface area contributed by atoms with Crippen LogP contribution < -0.4 is 5.32 Å². The van der Waals surface area contributed by atoms with Crippen LogP contribution in [-0.2, 0) is 16.4 Å². The van der Waals surface area contributed by atoms with Crippen LogP contribution in [0.15, 0.2) is 18.2 Å². The van der Waals surface area contributed by atoms with Crippen LogP contribution in [0.3, 0.4) is 0 Å². The van der Waals surface area contributed by atoms with E-state index >= 15 is 0 Å². The van der Waals surface area contributed by atoms with Gasteiger partial charge in [-0.2, -0.15) is 0 Å². The molecule has 0 spiro atoms. The molecule has 1 aromatic rings. The highest BCUT2D eigenvalue weighted by molar-refractivity contribution is 7.92. The molecule has 0 saturated heterocycles. The molecule has 1 rings (SSSR count). The lowest BCUT2D eigenvalue weighted by Gasteiger charge is -2.23. The summed E-state index contributed by atoms with van der Waals surface area (Å²) in [5, 5.41) is 3.07. The summed E-state index contributed by atoms with van der Waals surface area (Å²) in [6, 6.07) is 4.60. The van der Waals surface area contributed by atoms with Crippen molar-refractivity contribution in [2.24, 2.45) is 0 Å². The summed E-state index contributed by atoms with van der Waals surface area (Å²) >= 11 is 0. The molecule has 0 aliphatic heterocycles. The van der Waals surface area contributed by atoms with E-state index < -0.39 is 14.6 Å². The molecule has 102 valence electrons. The molecule has 1 aromatic carbocycles. The van der Waals surface area contributed by atoms with Gasteiger partial charge in [0, 0.05) is 19.3 Å². The largest absolute Gasteiger partial charge is 0.311 e.